The molecule has 0 atom stereocenters. The average molecular weight is 378 g/mol. The molecule has 0 saturated heterocycles. The van der Waals surface area contributed by atoms with Crippen LogP contribution < -0.4 is 5.32 Å². The highest BCUT2D eigenvalue weighted by molar-refractivity contribution is 9.10. The zero-order valence-electron chi connectivity index (χ0n) is 12.5. The average Bonchev–Trinajstić information content (AvgIpc) is 2.62. The Morgan fingerprint density at radius 1 is 1.08 bits per heavy atom. The van der Waals surface area contributed by atoms with Gasteiger partial charge in [-0.25, -0.2) is 9.97 Å². The summed E-state index contributed by atoms with van der Waals surface area (Å²) in [5, 5.41) is 20.3. The lowest BCUT2D eigenvalue weighted by Gasteiger charge is -2.08. The third-order valence-corrected chi connectivity index (χ3v) is 4.02. The summed E-state index contributed by atoms with van der Waals surface area (Å²) in [5.74, 6) is 0.397. The smallest absolute Gasteiger partial charge is 0.227 e. The molecule has 0 radical (unpaired) electrons. The van der Waals surface area contributed by atoms with E-state index in [9.17, 15) is 0 Å². The first kappa shape index (κ1) is 15.8. The van der Waals surface area contributed by atoms with Crippen LogP contribution in [0, 0.1) is 16.7 Å². The molecular formula is C18H12BrN5. The second kappa shape index (κ2) is 7.02. The molecule has 116 valence electrons. The van der Waals surface area contributed by atoms with E-state index in [1.807, 2.05) is 24.3 Å². The van der Waals surface area contributed by atoms with Crippen LogP contribution in [0.2, 0.25) is 0 Å². The van der Waals surface area contributed by atoms with Crippen molar-refractivity contribution in [2.75, 3.05) is 5.32 Å². The molecule has 0 fully saturated rings. The summed E-state index contributed by atoms with van der Waals surface area (Å²) in [6, 6.07) is 18.3. The maximum absolute atomic E-state index is 8.82. The van der Waals surface area contributed by atoms with Crippen molar-refractivity contribution in [1.82, 2.24) is 9.97 Å². The fraction of sp³-hybridized carbons (Fsp3) is 0. The number of hydrogen-bond donors (Lipinski definition) is 2. The van der Waals surface area contributed by atoms with Gasteiger partial charge in [-0.1, -0.05) is 34.1 Å². The van der Waals surface area contributed by atoms with Gasteiger partial charge in [-0.05, 0) is 36.4 Å². The minimum atomic E-state index is 0.313. The maximum Gasteiger partial charge on any atom is 0.227 e. The molecule has 3 rings (SSSR count). The highest BCUT2D eigenvalue weighted by atomic mass is 79.9. The molecule has 2 N–H and O–H groups in total. The van der Waals surface area contributed by atoms with Crippen molar-refractivity contribution in [3.05, 3.63) is 82.1 Å². The molecule has 0 aliphatic carbocycles. The second-order valence-corrected chi connectivity index (χ2v) is 5.79. The quantitative estimate of drug-likeness (QED) is 0.664. The molecule has 5 nitrogen and oxygen atoms in total. The Kier molecular flexibility index (Phi) is 4.64. The second-order valence-electron chi connectivity index (χ2n) is 4.93. The molecule has 1 aromatic heterocycles. The van der Waals surface area contributed by atoms with E-state index in [2.05, 4.69) is 37.3 Å². The van der Waals surface area contributed by atoms with Crippen molar-refractivity contribution in [3.63, 3.8) is 0 Å². The topological polar surface area (TPSA) is 85.5 Å². The van der Waals surface area contributed by atoms with Gasteiger partial charge in [-0.2, -0.15) is 5.26 Å². The normalized spacial score (nSPS) is 10.0. The van der Waals surface area contributed by atoms with E-state index in [1.165, 1.54) is 0 Å². The minimum Gasteiger partial charge on any atom is -0.324 e. The maximum atomic E-state index is 8.82. The van der Waals surface area contributed by atoms with Crippen LogP contribution in [0.25, 0.3) is 0 Å². The zero-order chi connectivity index (χ0) is 16.9. The summed E-state index contributed by atoms with van der Waals surface area (Å²) in [5.41, 5.74) is 2.96. The monoisotopic (exact) mass is 377 g/mol. The van der Waals surface area contributed by atoms with Crippen molar-refractivity contribution in [3.8, 4) is 6.07 Å². The molecule has 0 aliphatic heterocycles. The first-order valence-corrected chi connectivity index (χ1v) is 7.91. The molecule has 0 amide bonds. The van der Waals surface area contributed by atoms with Gasteiger partial charge in [0, 0.05) is 21.9 Å². The molecule has 24 heavy (non-hydrogen) atoms. The standard InChI is InChI=1S/C18H12BrN5/c19-15-4-2-1-3-14(15)17(21)16-9-10-22-18(24-16)23-13-7-5-12(11-20)6-8-13/h1-10,21H,(H,22,23,24). The Labute approximate surface area is 147 Å². The number of halogens is 1. The van der Waals surface area contributed by atoms with Crippen LogP contribution in [-0.4, -0.2) is 15.7 Å². The van der Waals surface area contributed by atoms with E-state index in [4.69, 9.17) is 10.7 Å². The highest BCUT2D eigenvalue weighted by Gasteiger charge is 2.10. The van der Waals surface area contributed by atoms with Crippen molar-refractivity contribution in [2.45, 2.75) is 0 Å². The molecule has 3 aromatic rings. The number of nitrogens with zero attached hydrogens (tertiary/aromatic N) is 3. The van der Waals surface area contributed by atoms with Gasteiger partial charge in [-0.3, -0.25) is 5.41 Å². The number of aromatic nitrogens is 2. The van der Waals surface area contributed by atoms with Crippen molar-refractivity contribution >= 4 is 33.3 Å². The summed E-state index contributed by atoms with van der Waals surface area (Å²) in [7, 11) is 0. The lowest BCUT2D eigenvalue weighted by atomic mass is 10.1. The number of hydrogen-bond acceptors (Lipinski definition) is 5. The van der Waals surface area contributed by atoms with Gasteiger partial charge < -0.3 is 5.32 Å². The molecule has 6 heteroatoms. The molecule has 0 aliphatic rings. The zero-order valence-corrected chi connectivity index (χ0v) is 14.1. The Morgan fingerprint density at radius 2 is 1.83 bits per heavy atom. The molecule has 1 heterocycles. The third kappa shape index (κ3) is 3.47. The molecule has 2 aromatic carbocycles. The van der Waals surface area contributed by atoms with Gasteiger partial charge in [0.1, 0.15) is 0 Å². The lowest BCUT2D eigenvalue weighted by molar-refractivity contribution is 1.14. The van der Waals surface area contributed by atoms with Crippen LogP contribution >= 0.6 is 15.9 Å². The lowest BCUT2D eigenvalue weighted by Crippen LogP contribution is -2.07. The van der Waals surface area contributed by atoms with Gasteiger partial charge in [0.2, 0.25) is 5.95 Å². The van der Waals surface area contributed by atoms with E-state index in [0.717, 1.165) is 15.7 Å². The van der Waals surface area contributed by atoms with E-state index < -0.39 is 0 Å². The van der Waals surface area contributed by atoms with E-state index >= 15 is 0 Å². The summed E-state index contributed by atoms with van der Waals surface area (Å²) in [6.07, 6.45) is 1.61. The number of rotatable bonds is 4. The first-order valence-electron chi connectivity index (χ1n) is 7.11. The van der Waals surface area contributed by atoms with Gasteiger partial charge in [-0.15, -0.1) is 0 Å². The van der Waals surface area contributed by atoms with Gasteiger partial charge in [0.05, 0.1) is 23.0 Å². The molecule has 0 saturated carbocycles. The third-order valence-electron chi connectivity index (χ3n) is 3.33. The van der Waals surface area contributed by atoms with Gasteiger partial charge in [0.15, 0.2) is 0 Å². The predicted molar refractivity (Wildman–Crippen MR) is 96.5 cm³/mol. The molecule has 0 unspecified atom stereocenters. The fourth-order valence-corrected chi connectivity index (χ4v) is 2.60. The summed E-state index contributed by atoms with van der Waals surface area (Å²) in [4.78, 5) is 8.58. The van der Waals surface area contributed by atoms with Crippen LogP contribution in [-0.2, 0) is 0 Å². The van der Waals surface area contributed by atoms with Crippen molar-refractivity contribution in [2.24, 2.45) is 0 Å². The Hall–Kier alpha value is -3.04. The Morgan fingerprint density at radius 3 is 2.54 bits per heavy atom. The Balaban J connectivity index is 1.85. The van der Waals surface area contributed by atoms with Crippen LogP contribution in [0.1, 0.15) is 16.8 Å². The van der Waals surface area contributed by atoms with E-state index in [1.54, 1.807) is 36.5 Å². The molecular weight excluding hydrogens is 366 g/mol. The number of nitrogens with one attached hydrogen (secondary N) is 2. The van der Waals surface area contributed by atoms with Gasteiger partial charge in [0.25, 0.3) is 0 Å². The number of benzene rings is 2. The fourth-order valence-electron chi connectivity index (χ4n) is 2.12. The summed E-state index contributed by atoms with van der Waals surface area (Å²) in [6.45, 7) is 0. The summed E-state index contributed by atoms with van der Waals surface area (Å²) >= 11 is 3.45. The van der Waals surface area contributed by atoms with Crippen LogP contribution in [0.5, 0.6) is 0 Å². The largest absolute Gasteiger partial charge is 0.324 e. The molecule has 0 bridgehead atoms. The number of nitriles is 1. The Bertz CT molecular complexity index is 929. The number of anilines is 2. The summed E-state index contributed by atoms with van der Waals surface area (Å²) < 4.78 is 0.843. The highest BCUT2D eigenvalue weighted by Crippen LogP contribution is 2.20. The van der Waals surface area contributed by atoms with E-state index in [-0.39, 0.29) is 0 Å². The van der Waals surface area contributed by atoms with Crippen LogP contribution in [0.4, 0.5) is 11.6 Å². The first-order chi connectivity index (χ1) is 11.7. The van der Waals surface area contributed by atoms with Crippen molar-refractivity contribution in [1.29, 1.82) is 10.7 Å². The van der Waals surface area contributed by atoms with Crippen LogP contribution in [0.3, 0.4) is 0 Å². The predicted octanol–water partition coefficient (Wildman–Crippen LogP) is 4.27. The van der Waals surface area contributed by atoms with Gasteiger partial charge >= 0.3 is 0 Å². The van der Waals surface area contributed by atoms with Crippen LogP contribution in [0.15, 0.2) is 65.3 Å². The SMILES string of the molecule is N#Cc1ccc(Nc2nccc(C(=N)c3ccccc3Br)n2)cc1. The molecule has 0 spiro atoms. The minimum absolute atomic E-state index is 0.313. The van der Waals surface area contributed by atoms with Crippen molar-refractivity contribution < 1.29 is 0 Å². The van der Waals surface area contributed by atoms with E-state index in [0.29, 0.717) is 22.9 Å².